The van der Waals surface area contributed by atoms with Gasteiger partial charge in [0, 0.05) is 30.6 Å². The molecule has 2 aliphatic rings. The van der Waals surface area contributed by atoms with E-state index in [1.807, 2.05) is 0 Å². The number of hydrogen-bond acceptors (Lipinski definition) is 6. The highest BCUT2D eigenvalue weighted by molar-refractivity contribution is 5.95. The van der Waals surface area contributed by atoms with Gasteiger partial charge in [0.1, 0.15) is 23.1 Å². The average molecular weight is 472 g/mol. The van der Waals surface area contributed by atoms with E-state index in [0.717, 1.165) is 0 Å². The number of aromatic nitrogens is 2. The van der Waals surface area contributed by atoms with Crippen LogP contribution in [-0.2, 0) is 20.9 Å². The minimum atomic E-state index is -0.583. The SMILES string of the molecule is COCc1nc(C)ncc1OC[C@@]1(C2C=CC(F)=C(OC)C2)C[C@H]1C(=O)Nc1ccc(F)cc1. The summed E-state index contributed by atoms with van der Waals surface area (Å²) in [5.74, 6) is -0.246. The zero-order valence-electron chi connectivity index (χ0n) is 19.3. The third kappa shape index (κ3) is 4.94. The average Bonchev–Trinajstić information content (AvgIpc) is 3.56. The van der Waals surface area contributed by atoms with Gasteiger partial charge in [-0.3, -0.25) is 4.79 Å². The Morgan fingerprint density at radius 2 is 2.00 bits per heavy atom. The van der Waals surface area contributed by atoms with Crippen molar-refractivity contribution in [1.29, 1.82) is 0 Å². The van der Waals surface area contributed by atoms with Crippen LogP contribution < -0.4 is 10.1 Å². The van der Waals surface area contributed by atoms with Crippen molar-refractivity contribution < 1.29 is 27.8 Å². The van der Waals surface area contributed by atoms with E-state index in [9.17, 15) is 13.6 Å². The zero-order chi connectivity index (χ0) is 24.3. The van der Waals surface area contributed by atoms with Crippen LogP contribution in [0, 0.1) is 30.0 Å². The van der Waals surface area contributed by atoms with Crippen LogP contribution in [-0.4, -0.2) is 36.7 Å². The van der Waals surface area contributed by atoms with E-state index in [-0.39, 0.29) is 42.5 Å². The Labute approximate surface area is 196 Å². The fourth-order valence-corrected chi connectivity index (χ4v) is 4.43. The fourth-order valence-electron chi connectivity index (χ4n) is 4.43. The van der Waals surface area contributed by atoms with E-state index < -0.39 is 11.2 Å². The summed E-state index contributed by atoms with van der Waals surface area (Å²) < 4.78 is 44.0. The maximum Gasteiger partial charge on any atom is 0.228 e. The van der Waals surface area contributed by atoms with E-state index in [1.54, 1.807) is 26.3 Å². The first kappa shape index (κ1) is 23.8. The van der Waals surface area contributed by atoms with Crippen LogP contribution in [0.3, 0.4) is 0 Å². The normalized spacial score (nSPS) is 23.6. The first-order valence-electron chi connectivity index (χ1n) is 11.0. The molecule has 1 fully saturated rings. The largest absolute Gasteiger partial charge is 0.498 e. The Hall–Kier alpha value is -3.33. The van der Waals surface area contributed by atoms with Crippen molar-refractivity contribution in [2.45, 2.75) is 26.4 Å². The summed E-state index contributed by atoms with van der Waals surface area (Å²) in [4.78, 5) is 21.7. The van der Waals surface area contributed by atoms with Gasteiger partial charge in [0.25, 0.3) is 0 Å². The van der Waals surface area contributed by atoms with Crippen molar-refractivity contribution in [1.82, 2.24) is 9.97 Å². The van der Waals surface area contributed by atoms with Crippen LogP contribution in [0.2, 0.25) is 0 Å². The number of benzene rings is 1. The van der Waals surface area contributed by atoms with Gasteiger partial charge in [-0.1, -0.05) is 6.08 Å². The lowest BCUT2D eigenvalue weighted by atomic mass is 9.81. The van der Waals surface area contributed by atoms with Crippen LogP contribution in [0.15, 0.2) is 54.2 Å². The lowest BCUT2D eigenvalue weighted by Crippen LogP contribution is -2.30. The van der Waals surface area contributed by atoms with Gasteiger partial charge in [0.05, 0.1) is 26.5 Å². The van der Waals surface area contributed by atoms with Gasteiger partial charge in [-0.05, 0) is 49.6 Å². The summed E-state index contributed by atoms with van der Waals surface area (Å²) in [5, 5.41) is 2.85. The van der Waals surface area contributed by atoms with Gasteiger partial charge in [0.2, 0.25) is 5.91 Å². The highest BCUT2D eigenvalue weighted by atomic mass is 19.1. The van der Waals surface area contributed by atoms with Crippen LogP contribution in [0.4, 0.5) is 14.5 Å². The van der Waals surface area contributed by atoms with Crippen molar-refractivity contribution in [3.63, 3.8) is 0 Å². The van der Waals surface area contributed by atoms with Gasteiger partial charge in [-0.15, -0.1) is 0 Å². The fraction of sp³-hybridized carbons (Fsp3) is 0.400. The lowest BCUT2D eigenvalue weighted by Gasteiger charge is -2.29. The topological polar surface area (TPSA) is 82.6 Å². The third-order valence-electron chi connectivity index (χ3n) is 6.40. The molecular formula is C25H27F2N3O4. The van der Waals surface area contributed by atoms with Gasteiger partial charge >= 0.3 is 0 Å². The van der Waals surface area contributed by atoms with Crippen LogP contribution >= 0.6 is 0 Å². The summed E-state index contributed by atoms with van der Waals surface area (Å²) in [6.07, 6.45) is 5.61. The first-order valence-corrected chi connectivity index (χ1v) is 11.0. The van der Waals surface area contributed by atoms with E-state index in [2.05, 4.69) is 15.3 Å². The molecule has 1 amide bonds. The van der Waals surface area contributed by atoms with Crippen LogP contribution in [0.25, 0.3) is 0 Å². The van der Waals surface area contributed by atoms with Crippen molar-refractivity contribution in [2.24, 2.45) is 17.3 Å². The molecule has 1 N–H and O–H groups in total. The molecule has 1 heterocycles. The highest BCUT2D eigenvalue weighted by Crippen LogP contribution is 2.61. The summed E-state index contributed by atoms with van der Waals surface area (Å²) in [6, 6.07) is 5.60. The van der Waals surface area contributed by atoms with Crippen LogP contribution in [0.1, 0.15) is 24.4 Å². The van der Waals surface area contributed by atoms with E-state index >= 15 is 0 Å². The first-order chi connectivity index (χ1) is 16.4. The molecule has 0 bridgehead atoms. The molecule has 1 aromatic carbocycles. The molecule has 7 nitrogen and oxygen atoms in total. The maximum absolute atomic E-state index is 14.1. The smallest absolute Gasteiger partial charge is 0.228 e. The quantitative estimate of drug-likeness (QED) is 0.580. The van der Waals surface area contributed by atoms with Crippen molar-refractivity contribution >= 4 is 11.6 Å². The Bertz CT molecular complexity index is 1120. The van der Waals surface area contributed by atoms with E-state index in [1.165, 1.54) is 37.5 Å². The van der Waals surface area contributed by atoms with Crippen molar-refractivity contribution in [3.05, 3.63) is 71.5 Å². The maximum atomic E-state index is 14.1. The highest BCUT2D eigenvalue weighted by Gasteiger charge is 2.62. The number of halogens is 2. The molecule has 0 saturated heterocycles. The summed E-state index contributed by atoms with van der Waals surface area (Å²) in [6.45, 7) is 2.23. The minimum absolute atomic E-state index is 0.178. The second-order valence-corrected chi connectivity index (χ2v) is 8.58. The molecule has 180 valence electrons. The van der Waals surface area contributed by atoms with E-state index in [4.69, 9.17) is 14.2 Å². The minimum Gasteiger partial charge on any atom is -0.498 e. The number of nitrogens with one attached hydrogen (secondary N) is 1. The Morgan fingerprint density at radius 3 is 2.71 bits per heavy atom. The summed E-state index contributed by atoms with van der Waals surface area (Å²) in [5.41, 5.74) is 0.534. The molecule has 1 unspecified atom stereocenters. The molecule has 0 spiro atoms. The predicted molar refractivity (Wildman–Crippen MR) is 121 cm³/mol. The van der Waals surface area contributed by atoms with Gasteiger partial charge in [-0.25, -0.2) is 18.7 Å². The molecule has 4 rings (SSSR count). The molecule has 0 aliphatic heterocycles. The number of allylic oxidation sites excluding steroid dienone is 4. The molecular weight excluding hydrogens is 444 g/mol. The van der Waals surface area contributed by atoms with Crippen molar-refractivity contribution in [2.75, 3.05) is 26.1 Å². The van der Waals surface area contributed by atoms with Gasteiger partial charge in [0.15, 0.2) is 11.6 Å². The number of carbonyl (C=O) groups is 1. The van der Waals surface area contributed by atoms with E-state index in [0.29, 0.717) is 35.8 Å². The number of nitrogens with zero attached hydrogens (tertiary/aromatic N) is 2. The summed E-state index contributed by atoms with van der Waals surface area (Å²) >= 11 is 0. The monoisotopic (exact) mass is 471 g/mol. The molecule has 0 radical (unpaired) electrons. The second kappa shape index (κ2) is 9.89. The number of hydrogen-bond donors (Lipinski definition) is 1. The number of amides is 1. The molecule has 34 heavy (non-hydrogen) atoms. The summed E-state index contributed by atoms with van der Waals surface area (Å²) in [7, 11) is 3.00. The van der Waals surface area contributed by atoms with Crippen molar-refractivity contribution in [3.8, 4) is 5.75 Å². The lowest BCUT2D eigenvalue weighted by molar-refractivity contribution is -0.118. The molecule has 9 heteroatoms. The molecule has 3 atom stereocenters. The Balaban J connectivity index is 1.56. The van der Waals surface area contributed by atoms with Gasteiger partial charge in [-0.2, -0.15) is 0 Å². The number of aryl methyl sites for hydroxylation is 1. The second-order valence-electron chi connectivity index (χ2n) is 8.58. The number of rotatable bonds is 9. The number of ether oxygens (including phenoxy) is 3. The molecule has 2 aromatic rings. The predicted octanol–water partition coefficient (Wildman–Crippen LogP) is 4.50. The van der Waals surface area contributed by atoms with Gasteiger partial charge < -0.3 is 19.5 Å². The number of methoxy groups -OCH3 is 2. The zero-order valence-corrected chi connectivity index (χ0v) is 19.3. The third-order valence-corrected chi connectivity index (χ3v) is 6.40. The molecule has 2 aliphatic carbocycles. The Kier molecular flexibility index (Phi) is 6.92. The molecule has 1 aromatic heterocycles. The Morgan fingerprint density at radius 1 is 1.24 bits per heavy atom. The number of carbonyl (C=O) groups excluding carboxylic acids is 1. The standard InChI is InChI=1S/C25H27F2N3O4/c1-15-28-12-23(21(29-15)13-32-2)34-14-25(16-4-9-20(27)22(10-16)33-3)11-19(25)24(31)30-18-7-5-17(26)6-8-18/h4-9,12,16,19H,10-11,13-14H2,1-3H3,(H,30,31)/t16?,19-,25+/m0/s1. The molecule has 1 saturated carbocycles. The van der Waals surface area contributed by atoms with Crippen LogP contribution in [0.5, 0.6) is 5.75 Å². The number of anilines is 1.